The lowest BCUT2D eigenvalue weighted by molar-refractivity contribution is 0.0737. The van der Waals surface area contributed by atoms with E-state index in [1.54, 1.807) is 49.0 Å². The van der Waals surface area contributed by atoms with Gasteiger partial charge in [-0.2, -0.15) is 4.98 Å². The van der Waals surface area contributed by atoms with Gasteiger partial charge in [-0.3, -0.25) is 9.59 Å². The maximum absolute atomic E-state index is 14.3. The van der Waals surface area contributed by atoms with Crippen LogP contribution in [-0.4, -0.2) is 66.0 Å². The molecule has 6 heterocycles. The third-order valence-electron chi connectivity index (χ3n) is 10.0. The van der Waals surface area contributed by atoms with Crippen LogP contribution in [0.25, 0.3) is 39.0 Å². The van der Waals surface area contributed by atoms with Gasteiger partial charge in [-0.05, 0) is 74.1 Å². The maximum Gasteiger partial charge on any atom is 0.278 e. The Morgan fingerprint density at radius 3 is 2.63 bits per heavy atom. The number of nitrogens with zero attached hydrogens (tertiary/aromatic N) is 6. The van der Waals surface area contributed by atoms with E-state index in [9.17, 15) is 19.1 Å². The lowest BCUT2D eigenvalue weighted by atomic mass is 9.99. The van der Waals surface area contributed by atoms with Crippen LogP contribution < -0.4 is 21.1 Å². The minimum absolute atomic E-state index is 0.238. The van der Waals surface area contributed by atoms with E-state index in [2.05, 4.69) is 61.3 Å². The number of amides is 1. The van der Waals surface area contributed by atoms with Crippen molar-refractivity contribution in [3.63, 3.8) is 0 Å². The summed E-state index contributed by atoms with van der Waals surface area (Å²) in [4.78, 5) is 45.7. The number of halogens is 1. The molecule has 4 aromatic heterocycles. The van der Waals surface area contributed by atoms with Gasteiger partial charge in [0.25, 0.3) is 11.5 Å². The molecule has 52 heavy (non-hydrogen) atoms. The number of anilines is 1. The van der Waals surface area contributed by atoms with E-state index in [-0.39, 0.29) is 18.0 Å². The van der Waals surface area contributed by atoms with Crippen molar-refractivity contribution in [2.45, 2.75) is 57.8 Å². The number of carbonyl (C=O) groups is 1. The van der Waals surface area contributed by atoms with Crippen LogP contribution in [0.1, 0.15) is 53.9 Å². The van der Waals surface area contributed by atoms with Crippen molar-refractivity contribution in [2.75, 3.05) is 24.5 Å². The minimum atomic E-state index is -1.16. The lowest BCUT2D eigenvalue weighted by Crippen LogP contribution is -2.42. The summed E-state index contributed by atoms with van der Waals surface area (Å²) < 4.78 is 17.5. The third-order valence-corrected chi connectivity index (χ3v) is 10.0. The topological polar surface area (TPSA) is 146 Å². The zero-order valence-electron chi connectivity index (χ0n) is 29.1. The molecular formula is C39H40FN9O3. The summed E-state index contributed by atoms with van der Waals surface area (Å²) in [5, 5.41) is 18.4. The number of pyridine rings is 1. The average Bonchev–Trinajstić information content (AvgIpc) is 3.57. The van der Waals surface area contributed by atoms with Crippen molar-refractivity contribution in [1.29, 1.82) is 0 Å². The summed E-state index contributed by atoms with van der Waals surface area (Å²) >= 11 is 0. The number of rotatable bonds is 9. The number of H-pyrrole nitrogens is 1. The fourth-order valence-electron chi connectivity index (χ4n) is 7.35. The molecule has 1 saturated heterocycles. The molecule has 0 saturated carbocycles. The summed E-state index contributed by atoms with van der Waals surface area (Å²) in [6.45, 7) is 10.1. The van der Waals surface area contributed by atoms with Crippen molar-refractivity contribution >= 4 is 33.8 Å². The first kappa shape index (κ1) is 33.5. The number of aromatic amines is 1. The van der Waals surface area contributed by atoms with Crippen LogP contribution in [0.4, 0.5) is 10.3 Å². The zero-order valence-corrected chi connectivity index (χ0v) is 29.1. The normalized spacial score (nSPS) is 15.3. The Balaban J connectivity index is 0.957. The van der Waals surface area contributed by atoms with E-state index in [0.717, 1.165) is 53.7 Å². The van der Waals surface area contributed by atoms with E-state index >= 15 is 0 Å². The molecule has 266 valence electrons. The van der Waals surface area contributed by atoms with Crippen LogP contribution in [0, 0.1) is 5.82 Å². The van der Waals surface area contributed by atoms with Gasteiger partial charge in [0.05, 0.1) is 17.8 Å². The van der Waals surface area contributed by atoms with Crippen LogP contribution in [0.3, 0.4) is 0 Å². The number of nitrogens with one attached hydrogen (secondary N) is 3. The number of hydrogen-bond acceptors (Lipinski definition) is 8. The van der Waals surface area contributed by atoms with Gasteiger partial charge in [0, 0.05) is 55.0 Å². The molecule has 8 rings (SSSR count). The number of fused-ring (bicyclic) bond motifs is 1. The SMILES string of the molecule is C=CCn1c(=O)c2cnc(N3CCC(NCc4ccc(-c5[nH]c6cc(F)cc7c6c5CCNC7=O)cc4)CC3)nc2n1-c1cccc(C(C)(C)O)n1. The Hall–Kier alpha value is -5.66. The number of allylic oxidation sites excluding steroid dienone is 1. The molecule has 0 aliphatic carbocycles. The van der Waals surface area contributed by atoms with Crippen LogP contribution in [0.5, 0.6) is 0 Å². The Morgan fingerprint density at radius 1 is 1.10 bits per heavy atom. The highest BCUT2D eigenvalue weighted by molar-refractivity contribution is 6.10. The second-order valence-electron chi connectivity index (χ2n) is 14.0. The summed E-state index contributed by atoms with van der Waals surface area (Å²) in [7, 11) is 0. The molecule has 0 bridgehead atoms. The van der Waals surface area contributed by atoms with Crippen LogP contribution in [-0.2, 0) is 25.1 Å². The minimum Gasteiger partial charge on any atom is -0.384 e. The molecule has 6 aromatic rings. The molecule has 13 heteroatoms. The second-order valence-corrected chi connectivity index (χ2v) is 14.0. The van der Waals surface area contributed by atoms with Gasteiger partial charge in [-0.25, -0.2) is 23.7 Å². The highest BCUT2D eigenvalue weighted by atomic mass is 19.1. The predicted molar refractivity (Wildman–Crippen MR) is 198 cm³/mol. The Labute approximate surface area is 299 Å². The highest BCUT2D eigenvalue weighted by Crippen LogP contribution is 2.35. The zero-order chi connectivity index (χ0) is 36.1. The molecule has 4 N–H and O–H groups in total. The maximum atomic E-state index is 14.3. The molecule has 0 unspecified atom stereocenters. The van der Waals surface area contributed by atoms with E-state index < -0.39 is 11.4 Å². The van der Waals surface area contributed by atoms with Crippen molar-refractivity contribution in [3.05, 3.63) is 112 Å². The van der Waals surface area contributed by atoms with Gasteiger partial charge in [-0.15, -0.1) is 6.58 Å². The molecule has 0 spiro atoms. The molecule has 12 nitrogen and oxygen atoms in total. The summed E-state index contributed by atoms with van der Waals surface area (Å²) in [5.41, 5.74) is 4.62. The van der Waals surface area contributed by atoms with Crippen molar-refractivity contribution in [1.82, 2.24) is 39.9 Å². The van der Waals surface area contributed by atoms with E-state index in [1.807, 2.05) is 0 Å². The van der Waals surface area contributed by atoms with Crippen LogP contribution in [0.2, 0.25) is 0 Å². The fraction of sp³-hybridized carbons (Fsp3) is 0.308. The summed E-state index contributed by atoms with van der Waals surface area (Å²) in [6, 6.07) is 16.8. The summed E-state index contributed by atoms with van der Waals surface area (Å²) in [5.74, 6) is 0.334. The van der Waals surface area contributed by atoms with Crippen LogP contribution in [0.15, 0.2) is 78.2 Å². The molecule has 1 amide bonds. The lowest BCUT2D eigenvalue weighted by Gasteiger charge is -2.32. The van der Waals surface area contributed by atoms with E-state index in [4.69, 9.17) is 4.98 Å². The number of piperidine rings is 1. The average molecular weight is 702 g/mol. The number of aliphatic hydroxyl groups is 1. The predicted octanol–water partition coefficient (Wildman–Crippen LogP) is 4.72. The largest absolute Gasteiger partial charge is 0.384 e. The third kappa shape index (κ3) is 6.05. The monoisotopic (exact) mass is 701 g/mol. The summed E-state index contributed by atoms with van der Waals surface area (Å²) in [6.07, 6.45) is 5.69. The van der Waals surface area contributed by atoms with E-state index in [1.165, 1.54) is 16.8 Å². The first-order valence-electron chi connectivity index (χ1n) is 17.6. The Bertz CT molecular complexity index is 2400. The van der Waals surface area contributed by atoms with Gasteiger partial charge in [-0.1, -0.05) is 36.4 Å². The van der Waals surface area contributed by atoms with Crippen LogP contribution >= 0.6 is 0 Å². The smallest absolute Gasteiger partial charge is 0.278 e. The van der Waals surface area contributed by atoms with Gasteiger partial charge in [0.2, 0.25) is 5.95 Å². The Kier molecular flexibility index (Phi) is 8.47. The quantitative estimate of drug-likeness (QED) is 0.159. The first-order valence-corrected chi connectivity index (χ1v) is 17.6. The van der Waals surface area contributed by atoms with Gasteiger partial charge >= 0.3 is 0 Å². The Morgan fingerprint density at radius 2 is 1.88 bits per heavy atom. The standard InChI is InChI=1S/C39H40FN9O3/c1-4-16-48-37(51)29-22-43-38(46-35(29)49(48)32-7-5-6-31(45-32)39(2,3)52)47-17-13-26(14-18-47)42-21-23-8-10-24(11-9-23)34-27-12-15-41-36(50)28-19-25(40)20-30(44-34)33(27)28/h4-11,19-20,22,26,42,44,52H,1,12-18,21H2,2-3H3,(H,41,50). The number of aromatic nitrogens is 6. The number of carbonyl (C=O) groups excluding carboxylic acids is 1. The van der Waals surface area contributed by atoms with Crippen molar-refractivity contribution in [3.8, 4) is 17.1 Å². The first-order chi connectivity index (χ1) is 25.1. The molecule has 2 aliphatic rings. The highest BCUT2D eigenvalue weighted by Gasteiger charge is 2.26. The second kappa shape index (κ2) is 13.1. The van der Waals surface area contributed by atoms with Crippen molar-refractivity contribution < 1.29 is 14.3 Å². The van der Waals surface area contributed by atoms with Gasteiger partial charge < -0.3 is 25.6 Å². The molecule has 1 fully saturated rings. The number of benzene rings is 2. The fourth-order valence-corrected chi connectivity index (χ4v) is 7.35. The number of hydrogen-bond donors (Lipinski definition) is 4. The van der Waals surface area contributed by atoms with Gasteiger partial charge in [0.1, 0.15) is 16.8 Å². The van der Waals surface area contributed by atoms with Gasteiger partial charge in [0.15, 0.2) is 11.5 Å². The molecule has 2 aliphatic heterocycles. The molecular weight excluding hydrogens is 661 g/mol. The molecule has 0 radical (unpaired) electrons. The molecule has 0 atom stereocenters. The molecule has 2 aromatic carbocycles. The van der Waals surface area contributed by atoms with E-state index in [0.29, 0.717) is 65.1 Å². The van der Waals surface area contributed by atoms with Crippen molar-refractivity contribution in [2.24, 2.45) is 0 Å².